The number of anilines is 1. The van der Waals surface area contributed by atoms with E-state index in [1.807, 2.05) is 12.1 Å². The molecule has 23 heavy (non-hydrogen) atoms. The smallest absolute Gasteiger partial charge is 0.224 e. The number of hydrogen-bond acceptors (Lipinski definition) is 3. The zero-order valence-electron chi connectivity index (χ0n) is 12.3. The summed E-state index contributed by atoms with van der Waals surface area (Å²) in [6.45, 7) is 0. The highest BCUT2D eigenvalue weighted by atomic mass is 35.5. The third-order valence-corrected chi connectivity index (χ3v) is 3.53. The van der Waals surface area contributed by atoms with Crippen LogP contribution in [0.1, 0.15) is 24.3 Å². The maximum Gasteiger partial charge on any atom is 0.224 e. The Balaban J connectivity index is 1.91. The summed E-state index contributed by atoms with van der Waals surface area (Å²) in [4.78, 5) is 24.0. The van der Waals surface area contributed by atoms with Crippen LogP contribution in [-0.4, -0.2) is 11.7 Å². The molecule has 0 spiro atoms. The third-order valence-electron chi connectivity index (χ3n) is 3.29. The van der Waals surface area contributed by atoms with E-state index in [1.165, 1.54) is 0 Å². The molecule has 2 aromatic rings. The van der Waals surface area contributed by atoms with Crippen molar-refractivity contribution < 1.29 is 9.59 Å². The first kappa shape index (κ1) is 16.7. The van der Waals surface area contributed by atoms with Gasteiger partial charge in [-0.05, 0) is 23.8 Å². The molecule has 2 rings (SSSR count). The molecule has 0 aliphatic carbocycles. The van der Waals surface area contributed by atoms with Gasteiger partial charge in [-0.25, -0.2) is 0 Å². The lowest BCUT2D eigenvalue weighted by atomic mass is 9.93. The normalized spacial score (nSPS) is 11.3. The van der Waals surface area contributed by atoms with Gasteiger partial charge in [0.2, 0.25) is 5.91 Å². The maximum atomic E-state index is 12.2. The molecule has 5 heteroatoms. The minimum Gasteiger partial charge on any atom is -0.326 e. The minimum absolute atomic E-state index is 0.0134. The van der Waals surface area contributed by atoms with Crippen molar-refractivity contribution >= 4 is 29.0 Å². The second-order valence-electron chi connectivity index (χ2n) is 5.00. The SMILES string of the molecule is N#C[C@H](C(=O)CCC(=O)Nc1cccc(Cl)c1)c1ccccc1. The Hall–Kier alpha value is -2.64. The van der Waals surface area contributed by atoms with Crippen molar-refractivity contribution in [2.45, 2.75) is 18.8 Å². The fourth-order valence-electron chi connectivity index (χ4n) is 2.15. The van der Waals surface area contributed by atoms with E-state index in [2.05, 4.69) is 5.32 Å². The summed E-state index contributed by atoms with van der Waals surface area (Å²) in [5, 5.41) is 12.4. The van der Waals surface area contributed by atoms with Gasteiger partial charge in [-0.15, -0.1) is 0 Å². The number of rotatable bonds is 6. The van der Waals surface area contributed by atoms with Gasteiger partial charge < -0.3 is 5.32 Å². The van der Waals surface area contributed by atoms with Gasteiger partial charge in [-0.2, -0.15) is 5.26 Å². The van der Waals surface area contributed by atoms with Gasteiger partial charge in [0.15, 0.2) is 5.78 Å². The topological polar surface area (TPSA) is 70.0 Å². The highest BCUT2D eigenvalue weighted by molar-refractivity contribution is 6.30. The predicted octanol–water partition coefficient (Wildman–Crippen LogP) is 3.94. The summed E-state index contributed by atoms with van der Waals surface area (Å²) >= 11 is 5.84. The largest absolute Gasteiger partial charge is 0.326 e. The van der Waals surface area contributed by atoms with Crippen LogP contribution in [0.4, 0.5) is 5.69 Å². The van der Waals surface area contributed by atoms with Crippen LogP contribution < -0.4 is 5.32 Å². The van der Waals surface area contributed by atoms with E-state index < -0.39 is 5.92 Å². The Bertz CT molecular complexity index is 738. The molecule has 0 unspecified atom stereocenters. The van der Waals surface area contributed by atoms with Gasteiger partial charge in [0, 0.05) is 23.6 Å². The number of benzene rings is 2. The lowest BCUT2D eigenvalue weighted by Gasteiger charge is -2.09. The van der Waals surface area contributed by atoms with E-state index in [0.29, 0.717) is 16.3 Å². The van der Waals surface area contributed by atoms with E-state index in [9.17, 15) is 14.9 Å². The Morgan fingerprint density at radius 3 is 2.48 bits per heavy atom. The zero-order chi connectivity index (χ0) is 16.7. The number of ketones is 1. The van der Waals surface area contributed by atoms with Crippen LogP contribution >= 0.6 is 11.6 Å². The van der Waals surface area contributed by atoms with Crippen molar-refractivity contribution in [3.8, 4) is 6.07 Å². The van der Waals surface area contributed by atoms with Gasteiger partial charge in [-0.3, -0.25) is 9.59 Å². The number of nitriles is 1. The van der Waals surface area contributed by atoms with E-state index in [4.69, 9.17) is 11.6 Å². The average Bonchev–Trinajstić information content (AvgIpc) is 2.55. The molecule has 0 fully saturated rings. The minimum atomic E-state index is -0.838. The van der Waals surface area contributed by atoms with Crippen molar-refractivity contribution in [2.75, 3.05) is 5.32 Å². The quantitative estimate of drug-likeness (QED) is 0.874. The number of carbonyl (C=O) groups excluding carboxylic acids is 2. The molecule has 0 saturated carbocycles. The molecule has 0 heterocycles. The number of nitrogens with zero attached hydrogens (tertiary/aromatic N) is 1. The molecule has 116 valence electrons. The summed E-state index contributed by atoms with van der Waals surface area (Å²) in [6.07, 6.45) is 0.0376. The molecule has 1 amide bonds. The Labute approximate surface area is 139 Å². The first-order valence-electron chi connectivity index (χ1n) is 7.13. The highest BCUT2D eigenvalue weighted by Gasteiger charge is 2.20. The lowest BCUT2D eigenvalue weighted by Crippen LogP contribution is -2.16. The standard InChI is InChI=1S/C18H15ClN2O2/c19-14-7-4-8-15(11-14)21-18(23)10-9-17(22)16(12-20)13-5-2-1-3-6-13/h1-8,11,16H,9-10H2,(H,21,23)/t16-/m0/s1. The Kier molecular flexibility index (Phi) is 5.90. The molecule has 0 radical (unpaired) electrons. The lowest BCUT2D eigenvalue weighted by molar-refractivity contribution is -0.123. The second kappa shape index (κ2) is 8.11. The van der Waals surface area contributed by atoms with Crippen LogP contribution in [0.15, 0.2) is 54.6 Å². The molecule has 4 nitrogen and oxygen atoms in total. The van der Waals surface area contributed by atoms with Gasteiger partial charge in [-0.1, -0.05) is 48.0 Å². The zero-order valence-corrected chi connectivity index (χ0v) is 13.1. The molecule has 0 aliphatic rings. The fourth-order valence-corrected chi connectivity index (χ4v) is 2.34. The van der Waals surface area contributed by atoms with Gasteiger partial charge >= 0.3 is 0 Å². The number of amides is 1. The van der Waals surface area contributed by atoms with E-state index >= 15 is 0 Å². The van der Waals surface area contributed by atoms with Crippen molar-refractivity contribution in [1.29, 1.82) is 5.26 Å². The van der Waals surface area contributed by atoms with Crippen molar-refractivity contribution in [1.82, 2.24) is 0 Å². The van der Waals surface area contributed by atoms with Crippen molar-refractivity contribution in [3.63, 3.8) is 0 Å². The van der Waals surface area contributed by atoms with E-state index in [0.717, 1.165) is 0 Å². The molecular formula is C18H15ClN2O2. The van der Waals surface area contributed by atoms with Crippen LogP contribution in [0.25, 0.3) is 0 Å². The average molecular weight is 327 g/mol. The molecule has 0 aromatic heterocycles. The summed E-state index contributed by atoms with van der Waals surface area (Å²) in [6, 6.07) is 17.6. The Morgan fingerprint density at radius 1 is 1.09 bits per heavy atom. The number of Topliss-reactive ketones (excluding diaryl/α,β-unsaturated/α-hetero) is 1. The van der Waals surface area contributed by atoms with E-state index in [-0.39, 0.29) is 24.5 Å². The molecule has 1 atom stereocenters. The van der Waals surface area contributed by atoms with Gasteiger partial charge in [0.25, 0.3) is 0 Å². The van der Waals surface area contributed by atoms with Crippen molar-refractivity contribution in [2.24, 2.45) is 0 Å². The predicted molar refractivity (Wildman–Crippen MR) is 89.1 cm³/mol. The first-order chi connectivity index (χ1) is 11.1. The summed E-state index contributed by atoms with van der Waals surface area (Å²) in [7, 11) is 0. The molecule has 1 N–H and O–H groups in total. The van der Waals surface area contributed by atoms with E-state index in [1.54, 1.807) is 48.5 Å². The summed E-state index contributed by atoms with van der Waals surface area (Å²) < 4.78 is 0. The molecule has 0 bridgehead atoms. The van der Waals surface area contributed by atoms with Crippen LogP contribution in [-0.2, 0) is 9.59 Å². The molecule has 2 aromatic carbocycles. The number of hydrogen-bond donors (Lipinski definition) is 1. The van der Waals surface area contributed by atoms with Crippen LogP contribution in [0, 0.1) is 11.3 Å². The van der Waals surface area contributed by atoms with Crippen molar-refractivity contribution in [3.05, 3.63) is 65.2 Å². The fraction of sp³-hybridized carbons (Fsp3) is 0.167. The summed E-state index contributed by atoms with van der Waals surface area (Å²) in [5.74, 6) is -1.39. The monoisotopic (exact) mass is 326 g/mol. The van der Waals surface area contributed by atoms with Gasteiger partial charge in [0.1, 0.15) is 5.92 Å². The summed E-state index contributed by atoms with van der Waals surface area (Å²) in [5.41, 5.74) is 1.23. The number of halogens is 1. The van der Waals surface area contributed by atoms with Crippen LogP contribution in [0.5, 0.6) is 0 Å². The van der Waals surface area contributed by atoms with Crippen LogP contribution in [0.2, 0.25) is 5.02 Å². The van der Waals surface area contributed by atoms with Crippen LogP contribution in [0.3, 0.4) is 0 Å². The number of nitrogens with one attached hydrogen (secondary N) is 1. The molecular weight excluding hydrogens is 312 g/mol. The third kappa shape index (κ3) is 4.94. The maximum absolute atomic E-state index is 12.2. The molecule has 0 saturated heterocycles. The first-order valence-corrected chi connectivity index (χ1v) is 7.50. The number of carbonyl (C=O) groups is 2. The Morgan fingerprint density at radius 2 is 1.83 bits per heavy atom. The highest BCUT2D eigenvalue weighted by Crippen LogP contribution is 2.19. The van der Waals surface area contributed by atoms with Gasteiger partial charge in [0.05, 0.1) is 6.07 Å². The molecule has 0 aliphatic heterocycles. The second-order valence-corrected chi connectivity index (χ2v) is 5.43.